The predicted molar refractivity (Wildman–Crippen MR) is 159 cm³/mol. The fourth-order valence-electron chi connectivity index (χ4n) is 5.23. The van der Waals surface area contributed by atoms with Crippen LogP contribution in [-0.2, 0) is 31.8 Å². The number of ketones is 1. The lowest BCUT2D eigenvalue weighted by atomic mass is 9.81. The largest absolute Gasteiger partial charge is 0.453 e. The number of carbonyl (C=O) groups is 3. The van der Waals surface area contributed by atoms with Gasteiger partial charge in [0, 0.05) is 25.9 Å². The highest BCUT2D eigenvalue weighted by atomic mass is 16.6. The van der Waals surface area contributed by atoms with Gasteiger partial charge in [0.2, 0.25) is 0 Å². The highest BCUT2D eigenvalue weighted by Crippen LogP contribution is 2.30. The van der Waals surface area contributed by atoms with Crippen molar-refractivity contribution >= 4 is 18.0 Å². The van der Waals surface area contributed by atoms with Crippen LogP contribution in [0.1, 0.15) is 34.6 Å². The van der Waals surface area contributed by atoms with Gasteiger partial charge in [-0.25, -0.2) is 9.59 Å². The van der Waals surface area contributed by atoms with E-state index in [0.717, 1.165) is 35.1 Å². The molecule has 0 aliphatic carbocycles. The van der Waals surface area contributed by atoms with Crippen LogP contribution in [0.25, 0.3) is 0 Å². The van der Waals surface area contributed by atoms with Gasteiger partial charge in [0.1, 0.15) is 12.6 Å². The van der Waals surface area contributed by atoms with Crippen LogP contribution in [0.2, 0.25) is 0 Å². The average Bonchev–Trinajstić information content (AvgIpc) is 3.04. The van der Waals surface area contributed by atoms with Gasteiger partial charge < -0.3 is 30.2 Å². The maximum Gasteiger partial charge on any atom is 0.407 e. The molecule has 0 bridgehead atoms. The number of rotatable bonds is 12. The highest BCUT2D eigenvalue weighted by Gasteiger charge is 2.33. The van der Waals surface area contributed by atoms with Crippen LogP contribution >= 0.6 is 0 Å². The van der Waals surface area contributed by atoms with Gasteiger partial charge in [-0.05, 0) is 35.1 Å². The molecule has 0 aromatic heterocycles. The van der Waals surface area contributed by atoms with Crippen molar-refractivity contribution < 1.29 is 28.6 Å². The summed E-state index contributed by atoms with van der Waals surface area (Å²) in [5.41, 5.74) is 3.83. The maximum atomic E-state index is 14.0. The molecule has 1 saturated heterocycles. The van der Waals surface area contributed by atoms with E-state index in [2.05, 4.69) is 16.0 Å². The number of Topliss-reactive ketones (excluding diaryl/α,β-unsaturated/α-hetero) is 1. The number of methoxy groups -OCH3 is 1. The molecule has 0 saturated carbocycles. The summed E-state index contributed by atoms with van der Waals surface area (Å²) in [5, 5.41) is 8.65. The van der Waals surface area contributed by atoms with Crippen molar-refractivity contribution in [3.63, 3.8) is 0 Å². The molecular formula is C33H39N3O6. The first kappa shape index (κ1) is 30.7. The molecule has 1 aliphatic heterocycles. The number of carbonyl (C=O) groups excluding carboxylic acids is 3. The van der Waals surface area contributed by atoms with E-state index in [0.29, 0.717) is 13.2 Å². The second-order valence-corrected chi connectivity index (χ2v) is 10.3. The smallest absolute Gasteiger partial charge is 0.407 e. The SMILES string of the molecule is CNC(=O)OC[C@@H]1CO[C@H](CCc2ccccc2CC(=O)[C@@H](NC(=O)OC)C(c2ccccc2)c2ccccc2)CN1. The molecule has 0 radical (unpaired) electrons. The Bertz CT molecular complexity index is 1260. The first-order valence-corrected chi connectivity index (χ1v) is 14.2. The lowest BCUT2D eigenvalue weighted by molar-refractivity contribution is -0.120. The topological polar surface area (TPSA) is 115 Å². The minimum absolute atomic E-state index is 0.000657. The molecule has 3 atom stereocenters. The Balaban J connectivity index is 1.46. The summed E-state index contributed by atoms with van der Waals surface area (Å²) in [6.45, 7) is 1.33. The lowest BCUT2D eigenvalue weighted by Crippen LogP contribution is -2.49. The Labute approximate surface area is 246 Å². The van der Waals surface area contributed by atoms with Gasteiger partial charge in [-0.15, -0.1) is 0 Å². The van der Waals surface area contributed by atoms with E-state index in [1.54, 1.807) is 0 Å². The number of nitrogens with one attached hydrogen (secondary N) is 3. The standard InChI is InChI=1S/C33H39N3O6/c1-34-32(38)42-22-27-21-41-28(20-35-27)18-17-23-11-9-10-16-26(23)19-29(37)31(36-33(39)40-2)30(24-12-5-3-6-13-24)25-14-7-4-8-15-25/h3-16,27-28,30-31,35H,17-22H2,1-2H3,(H,34,38)(H,36,39)/t27-,28+,31+/m0/s1. The summed E-state index contributed by atoms with van der Waals surface area (Å²) in [6, 6.07) is 26.5. The van der Waals surface area contributed by atoms with Crippen LogP contribution in [0.5, 0.6) is 0 Å². The number of benzene rings is 3. The zero-order chi connectivity index (χ0) is 29.7. The Morgan fingerprint density at radius 2 is 1.52 bits per heavy atom. The quantitative estimate of drug-likeness (QED) is 0.300. The Morgan fingerprint density at radius 3 is 2.10 bits per heavy atom. The average molecular weight is 574 g/mol. The van der Waals surface area contributed by atoms with E-state index in [1.165, 1.54) is 14.2 Å². The van der Waals surface area contributed by atoms with Crippen molar-refractivity contribution in [3.05, 3.63) is 107 Å². The molecular weight excluding hydrogens is 534 g/mol. The van der Waals surface area contributed by atoms with Gasteiger partial charge in [-0.2, -0.15) is 0 Å². The molecule has 4 rings (SSSR count). The number of amides is 2. The van der Waals surface area contributed by atoms with Gasteiger partial charge in [0.25, 0.3) is 0 Å². The van der Waals surface area contributed by atoms with E-state index < -0.39 is 24.1 Å². The second-order valence-electron chi connectivity index (χ2n) is 10.3. The predicted octanol–water partition coefficient (Wildman–Crippen LogP) is 4.00. The first-order valence-electron chi connectivity index (χ1n) is 14.2. The Morgan fingerprint density at radius 1 is 0.905 bits per heavy atom. The monoisotopic (exact) mass is 573 g/mol. The molecule has 0 unspecified atom stereocenters. The van der Waals surface area contributed by atoms with E-state index in [1.807, 2.05) is 84.9 Å². The van der Waals surface area contributed by atoms with Gasteiger partial charge in [-0.1, -0.05) is 84.9 Å². The van der Waals surface area contributed by atoms with Crippen molar-refractivity contribution in [2.75, 3.05) is 33.9 Å². The van der Waals surface area contributed by atoms with Gasteiger partial charge in [0.15, 0.2) is 5.78 Å². The van der Waals surface area contributed by atoms with E-state index in [9.17, 15) is 14.4 Å². The summed E-state index contributed by atoms with van der Waals surface area (Å²) < 4.78 is 16.1. The summed E-state index contributed by atoms with van der Waals surface area (Å²) >= 11 is 0. The van der Waals surface area contributed by atoms with E-state index in [4.69, 9.17) is 14.2 Å². The fourth-order valence-corrected chi connectivity index (χ4v) is 5.23. The van der Waals surface area contributed by atoms with Crippen LogP contribution in [0.4, 0.5) is 9.59 Å². The first-order chi connectivity index (χ1) is 20.5. The number of alkyl carbamates (subject to hydrolysis) is 2. The van der Waals surface area contributed by atoms with Gasteiger partial charge >= 0.3 is 12.2 Å². The lowest BCUT2D eigenvalue weighted by Gasteiger charge is -2.30. The molecule has 9 nitrogen and oxygen atoms in total. The summed E-state index contributed by atoms with van der Waals surface area (Å²) in [6.07, 6.45) is 0.531. The zero-order valence-electron chi connectivity index (χ0n) is 24.1. The van der Waals surface area contributed by atoms with Crippen LogP contribution in [0.15, 0.2) is 84.9 Å². The fraction of sp³-hybridized carbons (Fsp3) is 0.364. The molecule has 3 aromatic rings. The third-order valence-corrected chi connectivity index (χ3v) is 7.46. The minimum Gasteiger partial charge on any atom is -0.453 e. The normalized spacial score (nSPS) is 17.2. The van der Waals surface area contributed by atoms with Crippen molar-refractivity contribution in [2.45, 2.75) is 43.4 Å². The molecule has 42 heavy (non-hydrogen) atoms. The molecule has 2 amide bonds. The summed E-state index contributed by atoms with van der Waals surface area (Å²) in [4.78, 5) is 37.8. The third kappa shape index (κ3) is 8.64. The number of hydrogen-bond acceptors (Lipinski definition) is 7. The zero-order valence-corrected chi connectivity index (χ0v) is 24.1. The van der Waals surface area contributed by atoms with Gasteiger partial charge in [-0.3, -0.25) is 4.79 Å². The number of morpholine rings is 1. The molecule has 222 valence electrons. The highest BCUT2D eigenvalue weighted by molar-refractivity contribution is 5.90. The molecule has 1 fully saturated rings. The maximum absolute atomic E-state index is 14.0. The van der Waals surface area contributed by atoms with Crippen molar-refractivity contribution in [1.29, 1.82) is 0 Å². The molecule has 3 aromatic carbocycles. The molecule has 1 aliphatic rings. The Hall–Kier alpha value is -4.21. The van der Waals surface area contributed by atoms with Crippen LogP contribution in [0.3, 0.4) is 0 Å². The Kier molecular flexibility index (Phi) is 11.5. The number of hydrogen-bond donors (Lipinski definition) is 3. The van der Waals surface area contributed by atoms with Crippen LogP contribution in [-0.4, -0.2) is 70.1 Å². The van der Waals surface area contributed by atoms with Crippen molar-refractivity contribution in [3.8, 4) is 0 Å². The second kappa shape index (κ2) is 15.7. The number of ether oxygens (including phenoxy) is 3. The van der Waals surface area contributed by atoms with E-state index >= 15 is 0 Å². The van der Waals surface area contributed by atoms with Crippen LogP contribution < -0.4 is 16.0 Å². The summed E-state index contributed by atoms with van der Waals surface area (Å²) in [5.74, 6) is -0.506. The van der Waals surface area contributed by atoms with Crippen LogP contribution in [0, 0.1) is 0 Å². The number of aryl methyl sites for hydroxylation is 1. The van der Waals surface area contributed by atoms with Gasteiger partial charge in [0.05, 0.1) is 25.9 Å². The van der Waals surface area contributed by atoms with Crippen molar-refractivity contribution in [1.82, 2.24) is 16.0 Å². The summed E-state index contributed by atoms with van der Waals surface area (Å²) in [7, 11) is 2.82. The molecule has 1 heterocycles. The molecule has 0 spiro atoms. The molecule has 9 heteroatoms. The minimum atomic E-state index is -0.838. The third-order valence-electron chi connectivity index (χ3n) is 7.46. The van der Waals surface area contributed by atoms with E-state index in [-0.39, 0.29) is 31.0 Å². The van der Waals surface area contributed by atoms with Crippen molar-refractivity contribution in [2.24, 2.45) is 0 Å². The molecule has 3 N–H and O–H groups in total.